The molecule has 0 N–H and O–H groups in total. The van der Waals surface area contributed by atoms with Gasteiger partial charge in [0.15, 0.2) is 0 Å². The summed E-state index contributed by atoms with van der Waals surface area (Å²) in [6.07, 6.45) is 24.0. The molecule has 1 aliphatic carbocycles. The van der Waals surface area contributed by atoms with Gasteiger partial charge in [0.25, 0.3) is 0 Å². The van der Waals surface area contributed by atoms with E-state index in [4.69, 9.17) is 0 Å². The van der Waals surface area contributed by atoms with Gasteiger partial charge in [0.05, 0.1) is 0 Å². The highest BCUT2D eigenvalue weighted by Gasteiger charge is 2.38. The average molecular weight is 346 g/mol. The largest absolute Gasteiger partial charge is 0.0654 e. The highest BCUT2D eigenvalue weighted by atomic mass is 14.4. The molecule has 145 valence electrons. The van der Waals surface area contributed by atoms with Crippen LogP contribution in [-0.4, -0.2) is 0 Å². The van der Waals surface area contributed by atoms with Gasteiger partial charge < -0.3 is 0 Å². The molecule has 0 unspecified atom stereocenters. The normalized spacial score (nSPS) is 16.6. The average Bonchev–Trinajstić information content (AvgIpc) is 2.92. The van der Waals surface area contributed by atoms with Gasteiger partial charge in [-0.2, -0.15) is 0 Å². The second-order valence-corrected chi connectivity index (χ2v) is 8.16. The number of unbranched alkanes of at least 4 members (excludes halogenated alkanes) is 5. The van der Waals surface area contributed by atoms with Gasteiger partial charge in [0.1, 0.15) is 0 Å². The van der Waals surface area contributed by atoms with Crippen molar-refractivity contribution in [3.8, 4) is 0 Å². The third-order valence-corrected chi connectivity index (χ3v) is 5.95. The van der Waals surface area contributed by atoms with Crippen LogP contribution < -0.4 is 0 Å². The summed E-state index contributed by atoms with van der Waals surface area (Å²) in [5.74, 6) is 0. The van der Waals surface area contributed by atoms with Crippen LogP contribution in [0.15, 0.2) is 16.7 Å². The first-order valence-corrected chi connectivity index (χ1v) is 11.6. The van der Waals surface area contributed by atoms with Crippen molar-refractivity contribution in [2.75, 3.05) is 0 Å². The van der Waals surface area contributed by atoms with Gasteiger partial charge in [-0.15, -0.1) is 0 Å². The van der Waals surface area contributed by atoms with Crippen LogP contribution in [0, 0.1) is 11.5 Å². The lowest BCUT2D eigenvalue weighted by atomic mass is 9.72. The molecular formula is C25H45. The number of hydrogen-bond acceptors (Lipinski definition) is 0. The predicted octanol–water partition coefficient (Wildman–Crippen LogP) is 8.96. The number of allylic oxidation sites excluding steroid dienone is 4. The third kappa shape index (κ3) is 6.61. The van der Waals surface area contributed by atoms with Crippen molar-refractivity contribution in [1.29, 1.82) is 0 Å². The van der Waals surface area contributed by atoms with Gasteiger partial charge in [-0.1, -0.05) is 85.1 Å². The van der Waals surface area contributed by atoms with Crippen LogP contribution in [0.25, 0.3) is 0 Å². The van der Waals surface area contributed by atoms with Crippen molar-refractivity contribution < 1.29 is 0 Å². The van der Waals surface area contributed by atoms with E-state index in [9.17, 15) is 0 Å². The zero-order valence-corrected chi connectivity index (χ0v) is 18.1. The third-order valence-electron chi connectivity index (χ3n) is 5.95. The summed E-state index contributed by atoms with van der Waals surface area (Å²) in [7, 11) is 0. The Labute approximate surface area is 159 Å². The fourth-order valence-corrected chi connectivity index (χ4v) is 4.39. The molecule has 0 atom stereocenters. The Hall–Kier alpha value is -0.520. The Bertz CT molecular complexity index is 402. The van der Waals surface area contributed by atoms with E-state index in [0.717, 1.165) is 0 Å². The zero-order valence-electron chi connectivity index (χ0n) is 18.1. The fraction of sp³-hybridized carbons (Fsp3) is 0.840. The molecule has 1 radical (unpaired) electrons. The van der Waals surface area contributed by atoms with E-state index in [-0.39, 0.29) is 0 Å². The maximum Gasteiger partial charge on any atom is 0.0173 e. The van der Waals surface area contributed by atoms with Crippen LogP contribution in [0.5, 0.6) is 0 Å². The van der Waals surface area contributed by atoms with E-state index in [1.165, 1.54) is 96.3 Å². The summed E-state index contributed by atoms with van der Waals surface area (Å²) in [4.78, 5) is 0. The van der Waals surface area contributed by atoms with Crippen molar-refractivity contribution in [3.05, 3.63) is 22.8 Å². The molecule has 0 amide bonds. The molecule has 0 heterocycles. The van der Waals surface area contributed by atoms with Gasteiger partial charge in [-0.3, -0.25) is 0 Å². The molecule has 1 aliphatic rings. The SMILES string of the molecule is CCCCC1=[C]C(CCCC)(CCCC)C(CCCC)=C1CCCC. The second-order valence-electron chi connectivity index (χ2n) is 8.16. The van der Waals surface area contributed by atoms with Crippen molar-refractivity contribution >= 4 is 0 Å². The minimum atomic E-state index is 0.299. The van der Waals surface area contributed by atoms with E-state index in [0.29, 0.717) is 5.41 Å². The molecular weight excluding hydrogens is 300 g/mol. The summed E-state index contributed by atoms with van der Waals surface area (Å²) < 4.78 is 0. The zero-order chi connectivity index (χ0) is 18.5. The van der Waals surface area contributed by atoms with Crippen LogP contribution in [0.3, 0.4) is 0 Å². The highest BCUT2D eigenvalue weighted by Crippen LogP contribution is 2.51. The first-order valence-electron chi connectivity index (χ1n) is 11.6. The minimum Gasteiger partial charge on any atom is -0.0654 e. The molecule has 1 rings (SSSR count). The molecule has 0 nitrogen and oxygen atoms in total. The molecule has 0 aromatic rings. The number of hydrogen-bond donors (Lipinski definition) is 0. The number of rotatable bonds is 15. The predicted molar refractivity (Wildman–Crippen MR) is 114 cm³/mol. The molecule has 0 heteroatoms. The Morgan fingerprint density at radius 3 is 1.60 bits per heavy atom. The molecule has 0 aromatic heterocycles. The Balaban J connectivity index is 3.23. The van der Waals surface area contributed by atoms with Gasteiger partial charge in [-0.05, 0) is 68.6 Å². The molecule has 0 aromatic carbocycles. The summed E-state index contributed by atoms with van der Waals surface area (Å²) in [6.45, 7) is 11.7. The van der Waals surface area contributed by atoms with Crippen LogP contribution in [0.1, 0.15) is 131 Å². The molecule has 0 saturated heterocycles. The molecule has 25 heavy (non-hydrogen) atoms. The molecule has 0 spiro atoms. The smallest absolute Gasteiger partial charge is 0.0173 e. The van der Waals surface area contributed by atoms with Crippen LogP contribution in [-0.2, 0) is 0 Å². The van der Waals surface area contributed by atoms with Gasteiger partial charge in [0, 0.05) is 5.41 Å². The first-order chi connectivity index (χ1) is 12.2. The van der Waals surface area contributed by atoms with E-state index >= 15 is 0 Å². The monoisotopic (exact) mass is 345 g/mol. The van der Waals surface area contributed by atoms with Gasteiger partial charge in [0.2, 0.25) is 0 Å². The standard InChI is InChI=1S/C25H45/c1-6-11-16-22-21-25(19-14-9-4,20-15-10-5)24(18-13-8-3)23(22)17-12-7-2/h6-20H2,1-5H3. The van der Waals surface area contributed by atoms with Crippen LogP contribution >= 0.6 is 0 Å². The lowest BCUT2D eigenvalue weighted by Crippen LogP contribution is -2.20. The van der Waals surface area contributed by atoms with E-state index in [1.54, 1.807) is 11.1 Å². The molecule has 0 saturated carbocycles. The summed E-state index contributed by atoms with van der Waals surface area (Å²) in [5, 5.41) is 0. The van der Waals surface area contributed by atoms with E-state index in [2.05, 4.69) is 40.7 Å². The van der Waals surface area contributed by atoms with E-state index < -0.39 is 0 Å². The quantitative estimate of drug-likeness (QED) is 0.278. The molecule has 0 fully saturated rings. The topological polar surface area (TPSA) is 0 Å². The van der Waals surface area contributed by atoms with Crippen molar-refractivity contribution in [3.63, 3.8) is 0 Å². The first kappa shape index (κ1) is 22.5. The lowest BCUT2D eigenvalue weighted by molar-refractivity contribution is 0.342. The Morgan fingerprint density at radius 1 is 0.600 bits per heavy atom. The maximum absolute atomic E-state index is 4.17. The van der Waals surface area contributed by atoms with E-state index in [1.807, 2.05) is 5.57 Å². The Morgan fingerprint density at radius 2 is 1.08 bits per heavy atom. The lowest BCUT2D eigenvalue weighted by Gasteiger charge is -2.32. The Kier molecular flexibility index (Phi) is 11.5. The van der Waals surface area contributed by atoms with Gasteiger partial charge in [-0.25, -0.2) is 0 Å². The summed E-state index contributed by atoms with van der Waals surface area (Å²) in [5.41, 5.74) is 5.52. The van der Waals surface area contributed by atoms with Gasteiger partial charge >= 0.3 is 0 Å². The maximum atomic E-state index is 4.17. The molecule has 0 aliphatic heterocycles. The summed E-state index contributed by atoms with van der Waals surface area (Å²) >= 11 is 0. The van der Waals surface area contributed by atoms with Crippen molar-refractivity contribution in [2.45, 2.75) is 131 Å². The van der Waals surface area contributed by atoms with Crippen molar-refractivity contribution in [1.82, 2.24) is 0 Å². The van der Waals surface area contributed by atoms with Crippen molar-refractivity contribution in [2.24, 2.45) is 5.41 Å². The van der Waals surface area contributed by atoms with Crippen LogP contribution in [0.2, 0.25) is 0 Å². The van der Waals surface area contributed by atoms with Crippen LogP contribution in [0.4, 0.5) is 0 Å². The molecule has 0 bridgehead atoms. The summed E-state index contributed by atoms with van der Waals surface area (Å²) in [6, 6.07) is 0. The minimum absolute atomic E-state index is 0.299. The second kappa shape index (κ2) is 12.8. The highest BCUT2D eigenvalue weighted by molar-refractivity contribution is 5.46. The fourth-order valence-electron chi connectivity index (χ4n) is 4.39.